The molecule has 4 aromatic rings. The largest absolute Gasteiger partial charge is 0.348 e. The molecule has 4 nitrogen and oxygen atoms in total. The van der Waals surface area contributed by atoms with Gasteiger partial charge in [0.1, 0.15) is 11.4 Å². The van der Waals surface area contributed by atoms with Gasteiger partial charge in [-0.1, -0.05) is 71.0 Å². The van der Waals surface area contributed by atoms with Gasteiger partial charge >= 0.3 is 0 Å². The average molecular weight is 380 g/mol. The summed E-state index contributed by atoms with van der Waals surface area (Å²) in [6, 6.07) is 20.1. The highest BCUT2D eigenvalue weighted by molar-refractivity contribution is 8.76. The van der Waals surface area contributed by atoms with Crippen molar-refractivity contribution in [1.82, 2.24) is 10.3 Å². The van der Waals surface area contributed by atoms with E-state index in [0.29, 0.717) is 0 Å². The highest BCUT2D eigenvalue weighted by Crippen LogP contribution is 2.43. The number of rotatable bonds is 5. The molecular formula is C20H16N2O2S2. The Labute approximate surface area is 159 Å². The van der Waals surface area contributed by atoms with Crippen molar-refractivity contribution in [3.8, 4) is 22.5 Å². The summed E-state index contributed by atoms with van der Waals surface area (Å²) < 4.78 is 11.1. The van der Waals surface area contributed by atoms with Crippen molar-refractivity contribution >= 4 is 21.6 Å². The van der Waals surface area contributed by atoms with Gasteiger partial charge in [-0.05, 0) is 35.4 Å². The fraction of sp³-hybridized carbons (Fsp3) is 0.100. The summed E-state index contributed by atoms with van der Waals surface area (Å²) in [7, 11) is 2.98. The highest BCUT2D eigenvalue weighted by atomic mass is 33.1. The van der Waals surface area contributed by atoms with Gasteiger partial charge in [0.15, 0.2) is 0 Å². The number of nitrogens with zero attached hydrogens (tertiary/aromatic N) is 2. The molecule has 2 aromatic carbocycles. The summed E-state index contributed by atoms with van der Waals surface area (Å²) in [6.07, 6.45) is 0. The number of hydrogen-bond acceptors (Lipinski definition) is 6. The van der Waals surface area contributed by atoms with Crippen LogP contribution in [0.3, 0.4) is 0 Å². The topological polar surface area (TPSA) is 52.1 Å². The van der Waals surface area contributed by atoms with E-state index in [4.69, 9.17) is 9.05 Å². The van der Waals surface area contributed by atoms with Crippen LogP contribution in [0.5, 0.6) is 0 Å². The van der Waals surface area contributed by atoms with Crippen LogP contribution in [0.4, 0.5) is 0 Å². The maximum atomic E-state index is 5.53. The molecule has 0 aliphatic carbocycles. The molecule has 2 heterocycles. The first kappa shape index (κ1) is 17.0. The van der Waals surface area contributed by atoms with E-state index in [9.17, 15) is 0 Å². The first-order chi connectivity index (χ1) is 12.7. The first-order valence-electron chi connectivity index (χ1n) is 8.12. The van der Waals surface area contributed by atoms with Gasteiger partial charge in [-0.15, -0.1) is 0 Å². The van der Waals surface area contributed by atoms with Crippen LogP contribution in [-0.2, 0) is 0 Å². The van der Waals surface area contributed by atoms with Gasteiger partial charge in [0.2, 0.25) is 10.2 Å². The zero-order valence-corrected chi connectivity index (χ0v) is 15.9. The van der Waals surface area contributed by atoms with E-state index in [2.05, 4.69) is 10.3 Å². The Morgan fingerprint density at radius 2 is 1.00 bits per heavy atom. The molecule has 4 rings (SSSR count). The molecule has 0 aliphatic heterocycles. The molecule has 130 valence electrons. The summed E-state index contributed by atoms with van der Waals surface area (Å²) in [5, 5.41) is 9.97. The van der Waals surface area contributed by atoms with Crippen LogP contribution in [0, 0.1) is 13.8 Å². The Bertz CT molecular complexity index is 927. The van der Waals surface area contributed by atoms with E-state index < -0.39 is 0 Å². The standard InChI is InChI=1S/C20H16N2O2S2/c1-13-17(15-9-5-3-6-10-15)21-23-19(13)25-26-20-14(2)18(22-24-20)16-11-7-4-8-12-16/h3-12H,1-2H3. The molecule has 0 atom stereocenters. The number of aromatic nitrogens is 2. The molecule has 0 N–H and O–H groups in total. The number of hydrogen-bond donors (Lipinski definition) is 0. The van der Waals surface area contributed by atoms with Gasteiger partial charge in [0.05, 0.1) is 0 Å². The van der Waals surface area contributed by atoms with Crippen molar-refractivity contribution in [3.05, 3.63) is 71.8 Å². The Hall–Kier alpha value is -2.44. The molecule has 0 aliphatic rings. The fourth-order valence-electron chi connectivity index (χ4n) is 2.60. The lowest BCUT2D eigenvalue weighted by atomic mass is 10.1. The normalized spacial score (nSPS) is 11.0. The lowest BCUT2D eigenvalue weighted by molar-refractivity contribution is 0.348. The van der Waals surface area contributed by atoms with Crippen LogP contribution >= 0.6 is 21.6 Å². The van der Waals surface area contributed by atoms with Gasteiger partial charge < -0.3 is 9.05 Å². The van der Waals surface area contributed by atoms with Crippen LogP contribution in [-0.4, -0.2) is 10.3 Å². The maximum absolute atomic E-state index is 5.53. The summed E-state index contributed by atoms with van der Waals surface area (Å²) in [5.74, 6) is 0. The van der Waals surface area contributed by atoms with Crippen LogP contribution in [0.25, 0.3) is 22.5 Å². The van der Waals surface area contributed by atoms with Crippen molar-refractivity contribution in [3.63, 3.8) is 0 Å². The first-order valence-corrected chi connectivity index (χ1v) is 10.3. The lowest BCUT2D eigenvalue weighted by Crippen LogP contribution is -1.80. The molecule has 0 saturated carbocycles. The van der Waals surface area contributed by atoms with Gasteiger partial charge in [0.25, 0.3) is 0 Å². The monoisotopic (exact) mass is 380 g/mol. The summed E-state index contributed by atoms with van der Waals surface area (Å²) in [4.78, 5) is 0. The molecule has 0 amide bonds. The average Bonchev–Trinajstić information content (AvgIpc) is 3.24. The molecule has 26 heavy (non-hydrogen) atoms. The Kier molecular flexibility index (Phi) is 4.86. The predicted octanol–water partition coefficient (Wildman–Crippen LogP) is 6.41. The second-order valence-electron chi connectivity index (χ2n) is 5.79. The van der Waals surface area contributed by atoms with E-state index in [1.54, 1.807) is 0 Å². The SMILES string of the molecule is Cc1c(-c2ccccc2)noc1SSc1onc(-c2ccccc2)c1C. The highest BCUT2D eigenvalue weighted by Gasteiger charge is 2.18. The molecule has 0 bridgehead atoms. The van der Waals surface area contributed by atoms with Crippen molar-refractivity contribution < 1.29 is 9.05 Å². The van der Waals surface area contributed by atoms with Gasteiger partial charge in [-0.25, -0.2) is 0 Å². The van der Waals surface area contributed by atoms with Crippen LogP contribution in [0.2, 0.25) is 0 Å². The summed E-state index contributed by atoms with van der Waals surface area (Å²) in [5.41, 5.74) is 5.88. The maximum Gasteiger partial charge on any atom is 0.207 e. The van der Waals surface area contributed by atoms with Gasteiger partial charge in [0, 0.05) is 22.3 Å². The van der Waals surface area contributed by atoms with E-state index in [1.165, 1.54) is 21.6 Å². The van der Waals surface area contributed by atoms with Crippen LogP contribution < -0.4 is 0 Å². The lowest BCUT2D eigenvalue weighted by Gasteiger charge is -1.98. The molecule has 2 aromatic heterocycles. The minimum absolute atomic E-state index is 0.769. The third-order valence-corrected chi connectivity index (χ3v) is 6.36. The van der Waals surface area contributed by atoms with E-state index in [-0.39, 0.29) is 0 Å². The molecule has 0 radical (unpaired) electrons. The molecule has 0 fully saturated rings. The quantitative estimate of drug-likeness (QED) is 0.373. The van der Waals surface area contributed by atoms with Crippen LogP contribution in [0.1, 0.15) is 11.1 Å². The predicted molar refractivity (Wildman–Crippen MR) is 105 cm³/mol. The summed E-state index contributed by atoms with van der Waals surface area (Å²) in [6.45, 7) is 4.04. The third-order valence-electron chi connectivity index (χ3n) is 4.05. The molecule has 0 saturated heterocycles. The van der Waals surface area contributed by atoms with Gasteiger partial charge in [-0.2, -0.15) is 0 Å². The van der Waals surface area contributed by atoms with Crippen molar-refractivity contribution in [1.29, 1.82) is 0 Å². The van der Waals surface area contributed by atoms with Gasteiger partial charge in [-0.3, -0.25) is 0 Å². The third kappa shape index (κ3) is 3.30. The van der Waals surface area contributed by atoms with E-state index >= 15 is 0 Å². The minimum Gasteiger partial charge on any atom is -0.348 e. The zero-order valence-electron chi connectivity index (χ0n) is 14.3. The Morgan fingerprint density at radius 1 is 0.615 bits per heavy atom. The van der Waals surface area contributed by atoms with E-state index in [1.807, 2.05) is 74.5 Å². The molecular weight excluding hydrogens is 364 g/mol. The Morgan fingerprint density at radius 3 is 1.38 bits per heavy atom. The number of benzene rings is 2. The second kappa shape index (κ2) is 7.43. The van der Waals surface area contributed by atoms with E-state index in [0.717, 1.165) is 43.8 Å². The van der Waals surface area contributed by atoms with Crippen molar-refractivity contribution in [2.45, 2.75) is 24.0 Å². The van der Waals surface area contributed by atoms with Crippen LogP contribution in [0.15, 0.2) is 79.9 Å². The summed E-state index contributed by atoms with van der Waals surface area (Å²) >= 11 is 0. The minimum atomic E-state index is 0.769. The van der Waals surface area contributed by atoms with Crippen molar-refractivity contribution in [2.24, 2.45) is 0 Å². The molecule has 0 unspecified atom stereocenters. The second-order valence-corrected chi connectivity index (χ2v) is 7.86. The molecule has 6 heteroatoms. The molecule has 0 spiro atoms. The Balaban J connectivity index is 1.52. The zero-order chi connectivity index (χ0) is 17.9. The van der Waals surface area contributed by atoms with Crippen molar-refractivity contribution in [2.75, 3.05) is 0 Å². The fourth-order valence-corrected chi connectivity index (χ4v) is 4.72. The smallest absolute Gasteiger partial charge is 0.207 e.